The highest BCUT2D eigenvalue weighted by Gasteiger charge is 2.17. The normalized spacial score (nSPS) is 15.8. The number of hydrogen-bond donors (Lipinski definition) is 0. The van der Waals surface area contributed by atoms with Crippen molar-refractivity contribution in [1.82, 2.24) is 0 Å². The van der Waals surface area contributed by atoms with E-state index < -0.39 is 0 Å². The van der Waals surface area contributed by atoms with Gasteiger partial charge >= 0.3 is 0 Å². The minimum Gasteiger partial charge on any atom is -0.497 e. The first-order valence-corrected chi connectivity index (χ1v) is 7.00. The number of fused-ring (bicyclic) bond motifs is 1. The van der Waals surface area contributed by atoms with Crippen molar-refractivity contribution < 1.29 is 9.53 Å². The van der Waals surface area contributed by atoms with E-state index in [1.165, 1.54) is 16.5 Å². The van der Waals surface area contributed by atoms with E-state index in [1.807, 2.05) is 19.1 Å². The first-order valence-electron chi connectivity index (χ1n) is 7.00. The number of hydrogen-bond acceptors (Lipinski definition) is 2. The molecule has 0 bridgehead atoms. The third kappa shape index (κ3) is 2.22. The molecule has 0 N–H and O–H groups in total. The minimum absolute atomic E-state index is 0.293. The van der Waals surface area contributed by atoms with Gasteiger partial charge in [0.05, 0.1) is 7.11 Å². The SMILES string of the molecule is COc1ccc2cc(C3=C(C)C(=O)CCC3)ccc2c1. The Morgan fingerprint density at radius 2 is 1.75 bits per heavy atom. The first kappa shape index (κ1) is 12.9. The van der Waals surface area contributed by atoms with Gasteiger partial charge in [0.15, 0.2) is 5.78 Å². The zero-order valence-electron chi connectivity index (χ0n) is 11.9. The van der Waals surface area contributed by atoms with Crippen LogP contribution in [0.5, 0.6) is 5.75 Å². The number of benzene rings is 2. The molecule has 0 saturated carbocycles. The summed E-state index contributed by atoms with van der Waals surface area (Å²) in [4.78, 5) is 11.9. The van der Waals surface area contributed by atoms with Crippen molar-refractivity contribution in [2.24, 2.45) is 0 Å². The fourth-order valence-corrected chi connectivity index (χ4v) is 2.87. The molecule has 0 aromatic heterocycles. The van der Waals surface area contributed by atoms with Crippen LogP contribution in [0.4, 0.5) is 0 Å². The third-order valence-corrected chi connectivity index (χ3v) is 4.10. The van der Waals surface area contributed by atoms with Crippen LogP contribution in [0, 0.1) is 0 Å². The van der Waals surface area contributed by atoms with Crippen LogP contribution in [0.25, 0.3) is 16.3 Å². The Hall–Kier alpha value is -2.09. The Morgan fingerprint density at radius 1 is 1.00 bits per heavy atom. The van der Waals surface area contributed by atoms with Crippen LogP contribution < -0.4 is 4.74 Å². The second-order valence-electron chi connectivity index (χ2n) is 5.31. The van der Waals surface area contributed by atoms with Gasteiger partial charge in [-0.2, -0.15) is 0 Å². The van der Waals surface area contributed by atoms with Crippen LogP contribution >= 0.6 is 0 Å². The maximum absolute atomic E-state index is 11.9. The summed E-state index contributed by atoms with van der Waals surface area (Å²) in [6, 6.07) is 12.5. The maximum atomic E-state index is 11.9. The van der Waals surface area contributed by atoms with Gasteiger partial charge in [-0.3, -0.25) is 4.79 Å². The van der Waals surface area contributed by atoms with Crippen molar-refractivity contribution >= 4 is 22.1 Å². The van der Waals surface area contributed by atoms with E-state index in [4.69, 9.17) is 4.74 Å². The lowest BCUT2D eigenvalue weighted by atomic mass is 9.87. The van der Waals surface area contributed by atoms with Gasteiger partial charge in [0.2, 0.25) is 0 Å². The zero-order chi connectivity index (χ0) is 14.1. The topological polar surface area (TPSA) is 26.3 Å². The highest BCUT2D eigenvalue weighted by Crippen LogP contribution is 2.32. The van der Waals surface area contributed by atoms with Crippen LogP contribution in [0.15, 0.2) is 42.0 Å². The molecule has 2 heteroatoms. The Labute approximate surface area is 119 Å². The molecule has 102 valence electrons. The number of Topliss-reactive ketones (excluding diaryl/α,β-unsaturated/α-hetero) is 1. The standard InChI is InChI=1S/C18H18O2/c1-12-17(4-3-5-18(12)19)15-7-6-14-11-16(20-2)9-8-13(14)10-15/h6-11H,3-5H2,1-2H3. The second kappa shape index (κ2) is 5.12. The monoisotopic (exact) mass is 266 g/mol. The molecular formula is C18H18O2. The average Bonchev–Trinajstić information content (AvgIpc) is 2.49. The van der Waals surface area contributed by atoms with E-state index in [0.29, 0.717) is 12.2 Å². The predicted molar refractivity (Wildman–Crippen MR) is 82.0 cm³/mol. The van der Waals surface area contributed by atoms with Gasteiger partial charge in [0.25, 0.3) is 0 Å². The van der Waals surface area contributed by atoms with E-state index in [0.717, 1.165) is 29.6 Å². The second-order valence-corrected chi connectivity index (χ2v) is 5.31. The summed E-state index contributed by atoms with van der Waals surface area (Å²) in [6.45, 7) is 1.95. The third-order valence-electron chi connectivity index (χ3n) is 4.10. The summed E-state index contributed by atoms with van der Waals surface area (Å²) < 4.78 is 5.25. The van der Waals surface area contributed by atoms with Crippen molar-refractivity contribution in [3.8, 4) is 5.75 Å². The molecular weight excluding hydrogens is 248 g/mol. The molecule has 2 nitrogen and oxygen atoms in total. The van der Waals surface area contributed by atoms with E-state index in [2.05, 4.69) is 24.3 Å². The highest BCUT2D eigenvalue weighted by molar-refractivity contribution is 6.04. The van der Waals surface area contributed by atoms with E-state index in [-0.39, 0.29) is 0 Å². The number of allylic oxidation sites excluding steroid dienone is 2. The van der Waals surface area contributed by atoms with Gasteiger partial charge in [-0.25, -0.2) is 0 Å². The molecule has 1 aliphatic carbocycles. The van der Waals surface area contributed by atoms with Gasteiger partial charge in [0.1, 0.15) is 5.75 Å². The summed E-state index contributed by atoms with van der Waals surface area (Å²) in [6.07, 6.45) is 2.66. The van der Waals surface area contributed by atoms with Crippen molar-refractivity contribution in [2.75, 3.05) is 7.11 Å². The Balaban J connectivity index is 2.09. The highest BCUT2D eigenvalue weighted by atomic mass is 16.5. The zero-order valence-corrected chi connectivity index (χ0v) is 11.9. The molecule has 0 heterocycles. The van der Waals surface area contributed by atoms with Gasteiger partial charge in [0, 0.05) is 6.42 Å². The van der Waals surface area contributed by atoms with Crippen LogP contribution in [-0.2, 0) is 4.79 Å². The van der Waals surface area contributed by atoms with Crippen LogP contribution in [0.1, 0.15) is 31.7 Å². The van der Waals surface area contributed by atoms with E-state index >= 15 is 0 Å². The van der Waals surface area contributed by atoms with Gasteiger partial charge in [-0.1, -0.05) is 18.2 Å². The molecule has 2 aromatic carbocycles. The molecule has 0 radical (unpaired) electrons. The summed E-state index contributed by atoms with van der Waals surface area (Å²) >= 11 is 0. The number of rotatable bonds is 2. The Bertz CT molecular complexity index is 710. The molecule has 1 aliphatic rings. The van der Waals surface area contributed by atoms with Crippen molar-refractivity contribution in [2.45, 2.75) is 26.2 Å². The fraction of sp³-hybridized carbons (Fsp3) is 0.278. The van der Waals surface area contributed by atoms with Gasteiger partial charge < -0.3 is 4.74 Å². The van der Waals surface area contributed by atoms with Crippen molar-refractivity contribution in [3.63, 3.8) is 0 Å². The largest absolute Gasteiger partial charge is 0.497 e. The molecule has 20 heavy (non-hydrogen) atoms. The fourth-order valence-electron chi connectivity index (χ4n) is 2.87. The smallest absolute Gasteiger partial charge is 0.158 e. The molecule has 0 saturated heterocycles. The lowest BCUT2D eigenvalue weighted by Gasteiger charge is -2.17. The molecule has 2 aromatic rings. The molecule has 0 unspecified atom stereocenters. The predicted octanol–water partition coefficient (Wildman–Crippen LogP) is 4.37. The van der Waals surface area contributed by atoms with Crippen LogP contribution in [-0.4, -0.2) is 12.9 Å². The lowest BCUT2D eigenvalue weighted by molar-refractivity contribution is -0.115. The molecule has 0 aliphatic heterocycles. The van der Waals surface area contributed by atoms with E-state index in [9.17, 15) is 4.79 Å². The average molecular weight is 266 g/mol. The molecule has 0 amide bonds. The number of carbonyl (C=O) groups is 1. The quantitative estimate of drug-likeness (QED) is 0.806. The van der Waals surface area contributed by atoms with E-state index in [1.54, 1.807) is 7.11 Å². The Kier molecular flexibility index (Phi) is 3.31. The number of ether oxygens (including phenoxy) is 1. The maximum Gasteiger partial charge on any atom is 0.158 e. The number of carbonyl (C=O) groups excluding carboxylic acids is 1. The summed E-state index contributed by atoms with van der Waals surface area (Å²) in [7, 11) is 1.68. The summed E-state index contributed by atoms with van der Waals surface area (Å²) in [5.41, 5.74) is 3.32. The van der Waals surface area contributed by atoms with Crippen LogP contribution in [0.3, 0.4) is 0 Å². The molecule has 0 atom stereocenters. The first-order chi connectivity index (χ1) is 9.69. The molecule has 0 spiro atoms. The summed E-state index contributed by atoms with van der Waals surface area (Å²) in [5.74, 6) is 1.16. The van der Waals surface area contributed by atoms with Crippen molar-refractivity contribution in [3.05, 3.63) is 47.5 Å². The van der Waals surface area contributed by atoms with Gasteiger partial charge in [-0.05, 0) is 65.4 Å². The Morgan fingerprint density at radius 3 is 2.55 bits per heavy atom. The number of methoxy groups -OCH3 is 1. The lowest BCUT2D eigenvalue weighted by Crippen LogP contribution is -2.08. The van der Waals surface area contributed by atoms with Gasteiger partial charge in [-0.15, -0.1) is 0 Å². The summed E-state index contributed by atoms with van der Waals surface area (Å²) in [5, 5.41) is 2.34. The molecule has 0 fully saturated rings. The number of ketones is 1. The minimum atomic E-state index is 0.293. The molecule has 3 rings (SSSR count). The van der Waals surface area contributed by atoms with Crippen molar-refractivity contribution in [1.29, 1.82) is 0 Å². The van der Waals surface area contributed by atoms with Crippen LogP contribution in [0.2, 0.25) is 0 Å².